The molecule has 164 valence electrons. The lowest BCUT2D eigenvalue weighted by atomic mass is 10.2. The molecular weight excluding hydrogens is 438 g/mol. The summed E-state index contributed by atoms with van der Waals surface area (Å²) in [6.07, 6.45) is 3.01. The molecule has 0 fully saturated rings. The summed E-state index contributed by atoms with van der Waals surface area (Å²) in [6.45, 7) is 2.92. The number of amides is 1. The largest absolute Gasteiger partial charge is 0.492 e. The number of fused-ring (bicyclic) bond motifs is 1. The van der Waals surface area contributed by atoms with E-state index < -0.39 is 0 Å². The number of para-hydroxylation sites is 1. The van der Waals surface area contributed by atoms with E-state index in [4.69, 9.17) is 9.72 Å². The van der Waals surface area contributed by atoms with Gasteiger partial charge < -0.3 is 4.74 Å². The summed E-state index contributed by atoms with van der Waals surface area (Å²) >= 11 is 3.28. The second kappa shape index (κ2) is 11.1. The topological polar surface area (TPSA) is 55.3 Å². The number of anilines is 1. The minimum absolute atomic E-state index is 0.0568. The van der Waals surface area contributed by atoms with Crippen LogP contribution in [0, 0.1) is 0 Å². The molecule has 0 saturated heterocycles. The summed E-state index contributed by atoms with van der Waals surface area (Å²) < 4.78 is 6.74. The Labute approximate surface area is 196 Å². The van der Waals surface area contributed by atoms with E-state index in [9.17, 15) is 4.79 Å². The average Bonchev–Trinajstić information content (AvgIpc) is 3.27. The zero-order chi connectivity index (χ0) is 22.2. The Morgan fingerprint density at radius 2 is 1.91 bits per heavy atom. The average molecular weight is 464 g/mol. The highest BCUT2D eigenvalue weighted by molar-refractivity contribution is 7.99. The fourth-order valence-corrected chi connectivity index (χ4v) is 5.15. The van der Waals surface area contributed by atoms with Crippen molar-refractivity contribution < 1.29 is 9.53 Å². The van der Waals surface area contributed by atoms with Crippen molar-refractivity contribution in [2.75, 3.05) is 17.3 Å². The van der Waals surface area contributed by atoms with Gasteiger partial charge in [0.2, 0.25) is 5.91 Å². The molecule has 0 atom stereocenters. The summed E-state index contributed by atoms with van der Waals surface area (Å²) in [5.74, 6) is 1.69. The second-order valence-corrected chi connectivity index (χ2v) is 9.28. The minimum Gasteiger partial charge on any atom is -0.492 e. The highest BCUT2D eigenvalue weighted by atomic mass is 32.2. The highest BCUT2D eigenvalue weighted by Crippen LogP contribution is 2.35. The number of carbonyl (C=O) groups excluding carboxylic acids is 1. The fraction of sp³-hybridized carbons (Fsp3) is 0.240. The maximum atomic E-state index is 13.3. The third-order valence-corrected chi connectivity index (χ3v) is 6.94. The molecule has 2 heterocycles. The van der Waals surface area contributed by atoms with Crippen LogP contribution in [0.25, 0.3) is 10.2 Å². The van der Waals surface area contributed by atoms with Crippen LogP contribution < -0.4 is 9.64 Å². The maximum absolute atomic E-state index is 13.3. The molecule has 4 aromatic rings. The molecular formula is C25H25N3O2S2. The van der Waals surface area contributed by atoms with Gasteiger partial charge >= 0.3 is 0 Å². The number of pyridine rings is 1. The van der Waals surface area contributed by atoms with Gasteiger partial charge in [0, 0.05) is 17.5 Å². The van der Waals surface area contributed by atoms with E-state index >= 15 is 0 Å². The Hall–Kier alpha value is -2.90. The summed E-state index contributed by atoms with van der Waals surface area (Å²) in [4.78, 5) is 25.5. The summed E-state index contributed by atoms with van der Waals surface area (Å²) in [7, 11) is 0. The molecule has 7 heteroatoms. The van der Waals surface area contributed by atoms with Crippen molar-refractivity contribution in [3.8, 4) is 5.75 Å². The molecule has 5 nitrogen and oxygen atoms in total. The molecule has 2 aromatic heterocycles. The van der Waals surface area contributed by atoms with Gasteiger partial charge in [-0.05, 0) is 55.5 Å². The van der Waals surface area contributed by atoms with E-state index in [2.05, 4.69) is 17.1 Å². The fourth-order valence-electron chi connectivity index (χ4n) is 3.28. The van der Waals surface area contributed by atoms with Crippen LogP contribution in [0.15, 0.2) is 77.8 Å². The van der Waals surface area contributed by atoms with E-state index in [1.165, 1.54) is 16.2 Å². The SMILES string of the molecule is CCOc1cccc2sc(N(Cc3ccccn3)C(=O)CCCSc3ccccc3)nc12. The second-order valence-electron chi connectivity index (χ2n) is 7.10. The number of aromatic nitrogens is 2. The maximum Gasteiger partial charge on any atom is 0.229 e. The molecule has 0 saturated carbocycles. The molecule has 0 aliphatic rings. The number of hydrogen-bond acceptors (Lipinski definition) is 6. The van der Waals surface area contributed by atoms with Gasteiger partial charge in [-0.1, -0.05) is 41.7 Å². The van der Waals surface area contributed by atoms with Gasteiger partial charge in [0.15, 0.2) is 5.13 Å². The lowest BCUT2D eigenvalue weighted by molar-refractivity contribution is -0.118. The van der Waals surface area contributed by atoms with Crippen molar-refractivity contribution in [3.05, 3.63) is 78.6 Å². The number of ether oxygens (including phenoxy) is 1. The first-order valence-corrected chi connectivity index (χ1v) is 12.5. The molecule has 0 bridgehead atoms. The van der Waals surface area contributed by atoms with Gasteiger partial charge in [0.25, 0.3) is 0 Å². The first kappa shape index (κ1) is 22.3. The molecule has 0 spiro atoms. The predicted molar refractivity (Wildman–Crippen MR) is 133 cm³/mol. The molecule has 0 aliphatic carbocycles. The van der Waals surface area contributed by atoms with E-state index in [0.717, 1.165) is 33.8 Å². The first-order chi connectivity index (χ1) is 15.7. The molecule has 0 unspecified atom stereocenters. The minimum atomic E-state index is 0.0568. The van der Waals surface area contributed by atoms with E-state index in [1.54, 1.807) is 22.9 Å². The van der Waals surface area contributed by atoms with E-state index in [0.29, 0.717) is 24.7 Å². The normalized spacial score (nSPS) is 10.9. The number of benzene rings is 2. The van der Waals surface area contributed by atoms with Crippen LogP contribution in [0.2, 0.25) is 0 Å². The Kier molecular flexibility index (Phi) is 7.74. The summed E-state index contributed by atoms with van der Waals surface area (Å²) in [6, 6.07) is 21.9. The number of thiazole rings is 1. The van der Waals surface area contributed by atoms with Crippen molar-refractivity contribution in [1.29, 1.82) is 0 Å². The van der Waals surface area contributed by atoms with Crippen LogP contribution in [-0.2, 0) is 11.3 Å². The highest BCUT2D eigenvalue weighted by Gasteiger charge is 2.21. The Morgan fingerprint density at radius 3 is 2.69 bits per heavy atom. The van der Waals surface area contributed by atoms with Crippen LogP contribution >= 0.6 is 23.1 Å². The zero-order valence-corrected chi connectivity index (χ0v) is 19.6. The molecule has 0 aliphatic heterocycles. The number of carbonyl (C=O) groups is 1. The van der Waals surface area contributed by atoms with Crippen molar-refractivity contribution in [1.82, 2.24) is 9.97 Å². The van der Waals surface area contributed by atoms with Crippen molar-refractivity contribution in [2.45, 2.75) is 31.2 Å². The third kappa shape index (κ3) is 5.66. The Balaban J connectivity index is 1.51. The standard InChI is InChI=1S/C25H25N3O2S2/c1-2-30-21-13-8-14-22-24(21)27-25(32-22)28(18-19-10-6-7-16-26-19)23(29)15-9-17-31-20-11-4-3-5-12-20/h3-8,10-14,16H,2,9,15,17-18H2,1H3. The molecule has 1 amide bonds. The number of hydrogen-bond donors (Lipinski definition) is 0. The van der Waals surface area contributed by atoms with E-state index in [-0.39, 0.29) is 5.91 Å². The van der Waals surface area contributed by atoms with Crippen LogP contribution in [0.1, 0.15) is 25.5 Å². The summed E-state index contributed by atoms with van der Waals surface area (Å²) in [5, 5.41) is 0.679. The smallest absolute Gasteiger partial charge is 0.229 e. The predicted octanol–water partition coefficient (Wildman–Crippen LogP) is 6.20. The van der Waals surface area contributed by atoms with Gasteiger partial charge in [0.1, 0.15) is 11.3 Å². The first-order valence-electron chi connectivity index (χ1n) is 10.6. The Bertz CT molecular complexity index is 1150. The molecule has 0 N–H and O–H groups in total. The van der Waals surface area contributed by atoms with Gasteiger partial charge in [-0.2, -0.15) is 0 Å². The summed E-state index contributed by atoms with van der Waals surface area (Å²) in [5.41, 5.74) is 1.64. The lowest BCUT2D eigenvalue weighted by Gasteiger charge is -2.19. The molecule has 4 rings (SSSR count). The van der Waals surface area contributed by atoms with Crippen molar-refractivity contribution in [3.63, 3.8) is 0 Å². The third-order valence-electron chi connectivity index (χ3n) is 4.80. The van der Waals surface area contributed by atoms with Crippen LogP contribution in [0.5, 0.6) is 5.75 Å². The van der Waals surface area contributed by atoms with Gasteiger partial charge in [-0.15, -0.1) is 11.8 Å². The van der Waals surface area contributed by atoms with E-state index in [1.807, 2.05) is 61.5 Å². The monoisotopic (exact) mass is 463 g/mol. The van der Waals surface area contributed by atoms with Crippen LogP contribution in [0.3, 0.4) is 0 Å². The number of nitrogens with zero attached hydrogens (tertiary/aromatic N) is 3. The number of thioether (sulfide) groups is 1. The number of rotatable bonds is 10. The van der Waals surface area contributed by atoms with Gasteiger partial charge in [-0.3, -0.25) is 14.7 Å². The lowest BCUT2D eigenvalue weighted by Crippen LogP contribution is -2.30. The van der Waals surface area contributed by atoms with Crippen LogP contribution in [-0.4, -0.2) is 28.2 Å². The van der Waals surface area contributed by atoms with Crippen LogP contribution in [0.4, 0.5) is 5.13 Å². The quantitative estimate of drug-likeness (QED) is 0.207. The van der Waals surface area contributed by atoms with Gasteiger partial charge in [0.05, 0.1) is 23.5 Å². The molecule has 0 radical (unpaired) electrons. The Morgan fingerprint density at radius 1 is 1.06 bits per heavy atom. The van der Waals surface area contributed by atoms with Gasteiger partial charge in [-0.25, -0.2) is 4.98 Å². The molecule has 2 aromatic carbocycles. The van der Waals surface area contributed by atoms with Crippen molar-refractivity contribution in [2.24, 2.45) is 0 Å². The zero-order valence-electron chi connectivity index (χ0n) is 17.9. The van der Waals surface area contributed by atoms with Crippen molar-refractivity contribution >= 4 is 44.4 Å². The molecule has 32 heavy (non-hydrogen) atoms.